The van der Waals surface area contributed by atoms with E-state index in [0.29, 0.717) is 5.56 Å². The van der Waals surface area contributed by atoms with Gasteiger partial charge in [-0.2, -0.15) is 5.10 Å². The van der Waals surface area contributed by atoms with Gasteiger partial charge in [0.1, 0.15) is 0 Å². The lowest BCUT2D eigenvalue weighted by molar-refractivity contribution is 0.0956. The lowest BCUT2D eigenvalue weighted by Gasteiger charge is -2.18. The van der Waals surface area contributed by atoms with Crippen LogP contribution in [-0.2, 0) is 0 Å². The minimum atomic E-state index is -0.182. The number of carbonyl (C=O) groups is 1. The second-order valence-corrected chi connectivity index (χ2v) is 7.74. The second kappa shape index (κ2) is 7.93. The van der Waals surface area contributed by atoms with Gasteiger partial charge in [0.2, 0.25) is 0 Å². The number of carbonyl (C=O) groups excluding carboxylic acids is 1. The first-order chi connectivity index (χ1) is 13.6. The smallest absolute Gasteiger partial charge is 0.267 e. The molecule has 0 atom stereocenters. The fraction of sp³-hybridized carbons (Fsp3) is 0.292. The van der Waals surface area contributed by atoms with Crippen molar-refractivity contribution in [3.05, 3.63) is 65.7 Å². The molecule has 1 aliphatic rings. The zero-order valence-corrected chi connectivity index (χ0v) is 16.4. The number of nitrogens with one attached hydrogen (secondary N) is 1. The molecular formula is C24H25N3O. The van der Waals surface area contributed by atoms with Gasteiger partial charge in [0.05, 0.1) is 16.8 Å². The molecule has 0 saturated heterocycles. The molecule has 142 valence electrons. The topological polar surface area (TPSA) is 54.4 Å². The SMILES string of the molecule is Cc1ccc(-c2cc(C(=O)NN=C3CCC(C)CC3)c3ccccc3n2)cc1. The van der Waals surface area contributed by atoms with Crippen LogP contribution in [0.4, 0.5) is 0 Å². The van der Waals surface area contributed by atoms with Gasteiger partial charge in [-0.1, -0.05) is 55.0 Å². The van der Waals surface area contributed by atoms with Gasteiger partial charge in [-0.15, -0.1) is 0 Å². The normalized spacial score (nSPS) is 16.8. The quantitative estimate of drug-likeness (QED) is 0.618. The number of amides is 1. The van der Waals surface area contributed by atoms with E-state index in [0.717, 1.165) is 59.5 Å². The number of aromatic nitrogens is 1. The summed E-state index contributed by atoms with van der Waals surface area (Å²) in [4.78, 5) is 17.7. The van der Waals surface area contributed by atoms with Crippen molar-refractivity contribution in [2.45, 2.75) is 39.5 Å². The van der Waals surface area contributed by atoms with Crippen LogP contribution in [0.15, 0.2) is 59.7 Å². The van der Waals surface area contributed by atoms with Crippen LogP contribution in [0.2, 0.25) is 0 Å². The molecule has 1 heterocycles. The Morgan fingerprint density at radius 1 is 1.07 bits per heavy atom. The average molecular weight is 371 g/mol. The molecule has 0 bridgehead atoms. The minimum Gasteiger partial charge on any atom is -0.267 e. The van der Waals surface area contributed by atoms with Gasteiger partial charge < -0.3 is 0 Å². The number of benzene rings is 2. The monoisotopic (exact) mass is 371 g/mol. The van der Waals surface area contributed by atoms with E-state index >= 15 is 0 Å². The number of rotatable bonds is 3. The van der Waals surface area contributed by atoms with Crippen molar-refractivity contribution in [2.75, 3.05) is 0 Å². The molecule has 28 heavy (non-hydrogen) atoms. The molecule has 4 nitrogen and oxygen atoms in total. The van der Waals surface area contributed by atoms with E-state index in [4.69, 9.17) is 4.98 Å². The molecule has 2 aromatic carbocycles. The van der Waals surface area contributed by atoms with E-state index < -0.39 is 0 Å². The van der Waals surface area contributed by atoms with Crippen LogP contribution in [-0.4, -0.2) is 16.6 Å². The highest BCUT2D eigenvalue weighted by molar-refractivity contribution is 6.07. The molecule has 1 saturated carbocycles. The lowest BCUT2D eigenvalue weighted by atomic mass is 9.90. The van der Waals surface area contributed by atoms with Crippen molar-refractivity contribution in [3.63, 3.8) is 0 Å². The Balaban J connectivity index is 1.67. The van der Waals surface area contributed by atoms with Crippen LogP contribution >= 0.6 is 0 Å². The number of fused-ring (bicyclic) bond motifs is 1. The lowest BCUT2D eigenvalue weighted by Crippen LogP contribution is -2.22. The maximum Gasteiger partial charge on any atom is 0.272 e. The Kier molecular flexibility index (Phi) is 5.20. The van der Waals surface area contributed by atoms with Crippen LogP contribution in [0.1, 0.15) is 48.5 Å². The molecule has 0 aliphatic heterocycles. The first-order valence-corrected chi connectivity index (χ1v) is 9.93. The maximum absolute atomic E-state index is 13.0. The van der Waals surface area contributed by atoms with Crippen LogP contribution in [0, 0.1) is 12.8 Å². The van der Waals surface area contributed by atoms with Gasteiger partial charge in [0.25, 0.3) is 5.91 Å². The van der Waals surface area contributed by atoms with Crippen LogP contribution in [0.3, 0.4) is 0 Å². The number of para-hydroxylation sites is 1. The van der Waals surface area contributed by atoms with Crippen LogP contribution in [0.25, 0.3) is 22.2 Å². The molecule has 0 unspecified atom stereocenters. The van der Waals surface area contributed by atoms with Crippen molar-refractivity contribution in [2.24, 2.45) is 11.0 Å². The fourth-order valence-corrected chi connectivity index (χ4v) is 3.63. The van der Waals surface area contributed by atoms with E-state index in [-0.39, 0.29) is 5.91 Å². The standard InChI is InChI=1S/C24H25N3O/c1-16-7-11-18(12-8-16)23-15-21(20-5-3-4-6-22(20)25-23)24(28)27-26-19-13-9-17(2)10-14-19/h3-8,11-12,15,17H,9-10,13-14H2,1-2H3,(H,27,28). The highest BCUT2D eigenvalue weighted by atomic mass is 16.2. The van der Waals surface area contributed by atoms with E-state index in [1.165, 1.54) is 5.56 Å². The molecule has 0 spiro atoms. The third kappa shape index (κ3) is 3.96. The summed E-state index contributed by atoms with van der Waals surface area (Å²) in [7, 11) is 0. The molecule has 1 amide bonds. The van der Waals surface area contributed by atoms with E-state index in [1.54, 1.807) is 0 Å². The number of hydrogen-bond donors (Lipinski definition) is 1. The third-order valence-electron chi connectivity index (χ3n) is 5.48. The van der Waals surface area contributed by atoms with Crippen molar-refractivity contribution >= 4 is 22.5 Å². The molecule has 1 fully saturated rings. The Morgan fingerprint density at radius 2 is 1.79 bits per heavy atom. The summed E-state index contributed by atoms with van der Waals surface area (Å²) >= 11 is 0. The Bertz CT molecular complexity index is 1030. The Labute approximate surface area is 165 Å². The minimum absolute atomic E-state index is 0.182. The molecule has 0 radical (unpaired) electrons. The number of aryl methyl sites for hydroxylation is 1. The molecule has 4 rings (SSSR count). The van der Waals surface area contributed by atoms with Gasteiger partial charge in [-0.3, -0.25) is 4.79 Å². The fourth-order valence-electron chi connectivity index (χ4n) is 3.63. The average Bonchev–Trinajstić information content (AvgIpc) is 2.73. The molecule has 1 N–H and O–H groups in total. The predicted molar refractivity (Wildman–Crippen MR) is 114 cm³/mol. The Morgan fingerprint density at radius 3 is 2.54 bits per heavy atom. The first kappa shape index (κ1) is 18.4. The summed E-state index contributed by atoms with van der Waals surface area (Å²) in [6, 6.07) is 17.8. The van der Waals surface area contributed by atoms with Crippen LogP contribution in [0.5, 0.6) is 0 Å². The van der Waals surface area contributed by atoms with Gasteiger partial charge in [-0.25, -0.2) is 10.4 Å². The molecule has 4 heteroatoms. The van der Waals surface area contributed by atoms with Gasteiger partial charge >= 0.3 is 0 Å². The maximum atomic E-state index is 13.0. The largest absolute Gasteiger partial charge is 0.272 e. The third-order valence-corrected chi connectivity index (χ3v) is 5.48. The zero-order valence-electron chi connectivity index (χ0n) is 16.4. The summed E-state index contributed by atoms with van der Waals surface area (Å²) < 4.78 is 0. The highest BCUT2D eigenvalue weighted by Crippen LogP contribution is 2.25. The highest BCUT2D eigenvalue weighted by Gasteiger charge is 2.16. The summed E-state index contributed by atoms with van der Waals surface area (Å²) in [6.45, 7) is 4.33. The number of hydrazone groups is 1. The second-order valence-electron chi connectivity index (χ2n) is 7.74. The predicted octanol–water partition coefficient (Wildman–Crippen LogP) is 5.51. The number of hydrogen-bond acceptors (Lipinski definition) is 3. The molecule has 1 aromatic heterocycles. The van der Waals surface area contributed by atoms with Crippen molar-refractivity contribution in [3.8, 4) is 11.3 Å². The van der Waals surface area contributed by atoms with Crippen molar-refractivity contribution in [1.82, 2.24) is 10.4 Å². The number of nitrogens with zero attached hydrogens (tertiary/aromatic N) is 2. The van der Waals surface area contributed by atoms with Gasteiger partial charge in [0.15, 0.2) is 0 Å². The van der Waals surface area contributed by atoms with Crippen LogP contribution < -0.4 is 5.43 Å². The van der Waals surface area contributed by atoms with E-state index in [1.807, 2.05) is 42.5 Å². The summed E-state index contributed by atoms with van der Waals surface area (Å²) in [6.07, 6.45) is 4.22. The zero-order chi connectivity index (χ0) is 19.5. The number of pyridine rings is 1. The molecule has 1 aliphatic carbocycles. The van der Waals surface area contributed by atoms with E-state index in [9.17, 15) is 4.79 Å². The van der Waals surface area contributed by atoms with E-state index in [2.05, 4.69) is 36.5 Å². The van der Waals surface area contributed by atoms with Crippen molar-refractivity contribution < 1.29 is 4.79 Å². The first-order valence-electron chi connectivity index (χ1n) is 9.93. The summed E-state index contributed by atoms with van der Waals surface area (Å²) in [5, 5.41) is 5.25. The van der Waals surface area contributed by atoms with Gasteiger partial charge in [-0.05, 0) is 50.7 Å². The summed E-state index contributed by atoms with van der Waals surface area (Å²) in [5.74, 6) is 0.564. The Hall–Kier alpha value is -3.01. The molecular weight excluding hydrogens is 346 g/mol. The van der Waals surface area contributed by atoms with Crippen molar-refractivity contribution in [1.29, 1.82) is 0 Å². The van der Waals surface area contributed by atoms with Gasteiger partial charge in [0, 0.05) is 16.7 Å². The molecule has 3 aromatic rings. The summed E-state index contributed by atoms with van der Waals surface area (Å²) in [5.41, 5.74) is 8.27.